The highest BCUT2D eigenvalue weighted by atomic mass is 16.2. The van der Waals surface area contributed by atoms with Crippen LogP contribution in [0.5, 0.6) is 0 Å². The number of nitrogens with zero attached hydrogens (tertiary/aromatic N) is 1. The van der Waals surface area contributed by atoms with Gasteiger partial charge in [-0.2, -0.15) is 0 Å². The summed E-state index contributed by atoms with van der Waals surface area (Å²) in [6.07, 6.45) is 18.0. The van der Waals surface area contributed by atoms with E-state index in [4.69, 9.17) is 0 Å². The summed E-state index contributed by atoms with van der Waals surface area (Å²) in [5, 5.41) is 0. The van der Waals surface area contributed by atoms with Crippen LogP contribution in [-0.4, -0.2) is 23.9 Å². The van der Waals surface area contributed by atoms with Gasteiger partial charge in [0.1, 0.15) is 0 Å². The third kappa shape index (κ3) is 5.36. The molecular weight excluding hydrogens is 282 g/mol. The van der Waals surface area contributed by atoms with Gasteiger partial charge in [0.25, 0.3) is 0 Å². The van der Waals surface area contributed by atoms with Gasteiger partial charge in [0.2, 0.25) is 5.91 Å². The summed E-state index contributed by atoms with van der Waals surface area (Å²) in [5.74, 6) is 2.88. The zero-order valence-electron chi connectivity index (χ0n) is 15.4. The molecule has 0 bridgehead atoms. The van der Waals surface area contributed by atoms with Gasteiger partial charge in [0.05, 0.1) is 0 Å². The van der Waals surface area contributed by atoms with Crippen LogP contribution < -0.4 is 0 Å². The molecule has 0 radical (unpaired) electrons. The van der Waals surface area contributed by atoms with Crippen molar-refractivity contribution in [1.82, 2.24) is 4.90 Å². The molecule has 2 saturated carbocycles. The Kier molecular flexibility index (Phi) is 7.65. The second kappa shape index (κ2) is 9.49. The van der Waals surface area contributed by atoms with Crippen LogP contribution in [0.4, 0.5) is 0 Å². The number of carbonyl (C=O) groups excluding carboxylic acids is 1. The lowest BCUT2D eigenvalue weighted by Crippen LogP contribution is -2.43. The van der Waals surface area contributed by atoms with Crippen molar-refractivity contribution < 1.29 is 4.79 Å². The van der Waals surface area contributed by atoms with Gasteiger partial charge >= 0.3 is 0 Å². The molecule has 2 nitrogen and oxygen atoms in total. The van der Waals surface area contributed by atoms with Gasteiger partial charge in [-0.25, -0.2) is 0 Å². The average molecular weight is 320 g/mol. The maximum absolute atomic E-state index is 11.8. The predicted molar refractivity (Wildman–Crippen MR) is 98.3 cm³/mol. The van der Waals surface area contributed by atoms with E-state index in [-0.39, 0.29) is 5.91 Å². The topological polar surface area (TPSA) is 20.3 Å². The van der Waals surface area contributed by atoms with Crippen molar-refractivity contribution >= 4 is 5.91 Å². The Morgan fingerprint density at radius 2 is 1.74 bits per heavy atom. The van der Waals surface area contributed by atoms with Crippen LogP contribution in [0.2, 0.25) is 0 Å². The van der Waals surface area contributed by atoms with E-state index >= 15 is 0 Å². The van der Waals surface area contributed by atoms with Crippen molar-refractivity contribution in [2.75, 3.05) is 7.05 Å². The number of amides is 1. The molecule has 2 aliphatic carbocycles. The molecule has 4 atom stereocenters. The van der Waals surface area contributed by atoms with Crippen molar-refractivity contribution in [3.8, 4) is 0 Å². The second-order valence-electron chi connectivity index (χ2n) is 8.02. The van der Waals surface area contributed by atoms with Gasteiger partial charge in [-0.3, -0.25) is 4.79 Å². The molecule has 2 aliphatic rings. The van der Waals surface area contributed by atoms with Gasteiger partial charge in [-0.05, 0) is 55.9 Å². The molecule has 0 aromatic rings. The molecule has 2 rings (SSSR count). The number of hydrogen-bond donors (Lipinski definition) is 0. The van der Waals surface area contributed by atoms with Crippen LogP contribution >= 0.6 is 0 Å². The molecule has 4 unspecified atom stereocenters. The van der Waals surface area contributed by atoms with Crippen LogP contribution in [0, 0.1) is 17.8 Å². The number of unbranched alkanes of at least 4 members (excludes halogenated alkanes) is 4. The highest BCUT2D eigenvalue weighted by Crippen LogP contribution is 2.45. The van der Waals surface area contributed by atoms with Crippen molar-refractivity contribution in [2.45, 2.75) is 90.0 Å². The number of carbonyl (C=O) groups is 1. The standard InChI is InChI=1S/C21H37NO/c1-4-6-7-8-9-10-17-11-12-19-16-20(14-13-18(19)15-17)22(3)21(23)5-2/h5,17-20H,2,4,6-16H2,1,3H3. The lowest BCUT2D eigenvalue weighted by molar-refractivity contribution is -0.128. The largest absolute Gasteiger partial charge is 0.339 e. The smallest absolute Gasteiger partial charge is 0.245 e. The molecule has 2 fully saturated rings. The van der Waals surface area contributed by atoms with Crippen molar-refractivity contribution in [3.63, 3.8) is 0 Å². The average Bonchev–Trinajstić information content (AvgIpc) is 2.59. The Bertz CT molecular complexity index is 378. The van der Waals surface area contributed by atoms with Crippen LogP contribution in [0.15, 0.2) is 12.7 Å². The molecule has 0 aliphatic heterocycles. The first kappa shape index (κ1) is 18.5. The summed E-state index contributed by atoms with van der Waals surface area (Å²) in [7, 11) is 1.96. The van der Waals surface area contributed by atoms with Crippen LogP contribution in [0.3, 0.4) is 0 Å². The predicted octanol–water partition coefficient (Wildman–Crippen LogP) is 5.58. The number of fused-ring (bicyclic) bond motifs is 1. The molecule has 2 heteroatoms. The zero-order chi connectivity index (χ0) is 16.7. The third-order valence-corrected chi connectivity index (χ3v) is 6.48. The Hall–Kier alpha value is -0.790. The molecule has 0 heterocycles. The molecule has 132 valence electrons. The lowest BCUT2D eigenvalue weighted by atomic mass is 9.65. The lowest BCUT2D eigenvalue weighted by Gasteiger charge is -2.44. The van der Waals surface area contributed by atoms with Gasteiger partial charge in [-0.15, -0.1) is 0 Å². The molecule has 0 aromatic carbocycles. The molecule has 0 N–H and O–H groups in total. The maximum Gasteiger partial charge on any atom is 0.245 e. The minimum absolute atomic E-state index is 0.0919. The van der Waals surface area contributed by atoms with E-state index < -0.39 is 0 Å². The summed E-state index contributed by atoms with van der Waals surface area (Å²) < 4.78 is 0. The quantitative estimate of drug-likeness (QED) is 0.422. The molecule has 0 aromatic heterocycles. The van der Waals surface area contributed by atoms with E-state index in [9.17, 15) is 4.79 Å². The van der Waals surface area contributed by atoms with Gasteiger partial charge in [0, 0.05) is 13.1 Å². The fourth-order valence-corrected chi connectivity index (χ4v) is 4.94. The van der Waals surface area contributed by atoms with Crippen molar-refractivity contribution in [3.05, 3.63) is 12.7 Å². The monoisotopic (exact) mass is 319 g/mol. The maximum atomic E-state index is 11.8. The number of rotatable bonds is 8. The highest BCUT2D eigenvalue weighted by Gasteiger charge is 2.37. The Labute approximate surface area is 143 Å². The summed E-state index contributed by atoms with van der Waals surface area (Å²) in [4.78, 5) is 13.8. The van der Waals surface area contributed by atoms with Crippen molar-refractivity contribution in [1.29, 1.82) is 0 Å². The normalized spacial score (nSPS) is 30.5. The van der Waals surface area contributed by atoms with Crippen LogP contribution in [0.1, 0.15) is 84.0 Å². The summed E-state index contributed by atoms with van der Waals surface area (Å²) in [6, 6.07) is 0.451. The first-order valence-corrected chi connectivity index (χ1v) is 10.0. The number of hydrogen-bond acceptors (Lipinski definition) is 1. The minimum atomic E-state index is 0.0919. The van der Waals surface area contributed by atoms with Crippen LogP contribution in [-0.2, 0) is 4.79 Å². The fraction of sp³-hybridized carbons (Fsp3) is 0.857. The second-order valence-corrected chi connectivity index (χ2v) is 8.02. The molecular formula is C21H37NO. The van der Waals surface area contributed by atoms with Gasteiger partial charge in [-0.1, -0.05) is 58.4 Å². The SMILES string of the molecule is C=CC(=O)N(C)C1CCC2CC(CCCCCCC)CCC2C1. The molecule has 1 amide bonds. The fourth-order valence-electron chi connectivity index (χ4n) is 4.94. The third-order valence-electron chi connectivity index (χ3n) is 6.48. The van der Waals surface area contributed by atoms with Gasteiger partial charge < -0.3 is 4.90 Å². The number of likely N-dealkylation sites (N-methyl/N-ethyl adjacent to an activating group) is 1. The minimum Gasteiger partial charge on any atom is -0.339 e. The summed E-state index contributed by atoms with van der Waals surface area (Å²) in [6.45, 7) is 5.91. The van der Waals surface area contributed by atoms with E-state index in [1.165, 1.54) is 83.1 Å². The van der Waals surface area contributed by atoms with Crippen molar-refractivity contribution in [2.24, 2.45) is 17.8 Å². The molecule has 0 spiro atoms. The highest BCUT2D eigenvalue weighted by molar-refractivity contribution is 5.87. The zero-order valence-corrected chi connectivity index (χ0v) is 15.4. The van der Waals surface area contributed by atoms with E-state index in [0.717, 1.165) is 17.8 Å². The van der Waals surface area contributed by atoms with E-state index in [1.807, 2.05) is 11.9 Å². The first-order valence-electron chi connectivity index (χ1n) is 10.0. The van der Waals surface area contributed by atoms with Crippen LogP contribution in [0.25, 0.3) is 0 Å². The van der Waals surface area contributed by atoms with E-state index in [0.29, 0.717) is 6.04 Å². The Balaban J connectivity index is 1.71. The molecule has 23 heavy (non-hydrogen) atoms. The summed E-state index contributed by atoms with van der Waals surface area (Å²) >= 11 is 0. The van der Waals surface area contributed by atoms with E-state index in [1.54, 1.807) is 0 Å². The van der Waals surface area contributed by atoms with E-state index in [2.05, 4.69) is 13.5 Å². The Morgan fingerprint density at radius 1 is 1.04 bits per heavy atom. The van der Waals surface area contributed by atoms with Gasteiger partial charge in [0.15, 0.2) is 0 Å². The first-order chi connectivity index (χ1) is 11.2. The molecule has 0 saturated heterocycles. The Morgan fingerprint density at radius 3 is 2.48 bits per heavy atom. The summed E-state index contributed by atoms with van der Waals surface area (Å²) in [5.41, 5.74) is 0.